The lowest BCUT2D eigenvalue weighted by atomic mass is 10.3. The van der Waals surface area contributed by atoms with E-state index >= 15 is 0 Å². The fourth-order valence-corrected chi connectivity index (χ4v) is 1.80. The minimum atomic E-state index is -0.529. The second-order valence-electron chi connectivity index (χ2n) is 4.18. The Kier molecular flexibility index (Phi) is 4.09. The van der Waals surface area contributed by atoms with Crippen LogP contribution in [0.2, 0.25) is 0 Å². The van der Waals surface area contributed by atoms with Crippen molar-refractivity contribution in [3.05, 3.63) is 62.8 Å². The van der Waals surface area contributed by atoms with Gasteiger partial charge in [-0.3, -0.25) is 19.9 Å². The first-order chi connectivity index (χ1) is 9.60. The molecule has 1 N–H and O–H groups in total. The Morgan fingerprint density at radius 2 is 2.20 bits per heavy atom. The molecule has 0 spiro atoms. The summed E-state index contributed by atoms with van der Waals surface area (Å²) < 4.78 is 1.27. The van der Waals surface area contributed by atoms with Crippen LogP contribution >= 0.6 is 0 Å². The number of nitro groups is 1. The summed E-state index contributed by atoms with van der Waals surface area (Å²) in [4.78, 5) is 26.1. The third kappa shape index (κ3) is 3.19. The molecule has 0 atom stereocenters. The van der Waals surface area contributed by atoms with E-state index in [2.05, 4.69) is 10.3 Å². The summed E-state index contributed by atoms with van der Waals surface area (Å²) in [5.41, 5.74) is 1.14. The van der Waals surface area contributed by atoms with Gasteiger partial charge in [0.25, 0.3) is 11.2 Å². The molecule has 0 aliphatic heterocycles. The first kappa shape index (κ1) is 13.7. The van der Waals surface area contributed by atoms with Crippen molar-refractivity contribution in [3.8, 4) is 0 Å². The SMILES string of the molecule is CCNc1ccnc(Cn2cc([N+](=O)[O-])ccc2=O)c1. The van der Waals surface area contributed by atoms with Gasteiger partial charge in [-0.25, -0.2) is 0 Å². The van der Waals surface area contributed by atoms with E-state index in [1.165, 1.54) is 22.9 Å². The molecular weight excluding hydrogens is 260 g/mol. The fraction of sp³-hybridized carbons (Fsp3) is 0.231. The molecule has 0 radical (unpaired) electrons. The molecule has 0 bridgehead atoms. The third-order valence-electron chi connectivity index (χ3n) is 2.71. The van der Waals surface area contributed by atoms with E-state index in [1.807, 2.05) is 19.1 Å². The van der Waals surface area contributed by atoms with Gasteiger partial charge in [-0.1, -0.05) is 0 Å². The molecule has 0 saturated heterocycles. The van der Waals surface area contributed by atoms with Crippen LogP contribution in [0, 0.1) is 10.1 Å². The van der Waals surface area contributed by atoms with Crippen molar-refractivity contribution in [2.75, 3.05) is 11.9 Å². The van der Waals surface area contributed by atoms with Crippen LogP contribution in [0.15, 0.2) is 41.5 Å². The number of hydrogen-bond acceptors (Lipinski definition) is 5. The van der Waals surface area contributed by atoms with Gasteiger partial charge in [0.2, 0.25) is 0 Å². The normalized spacial score (nSPS) is 10.2. The highest BCUT2D eigenvalue weighted by Crippen LogP contribution is 2.10. The zero-order valence-corrected chi connectivity index (χ0v) is 10.9. The Morgan fingerprint density at radius 1 is 1.40 bits per heavy atom. The van der Waals surface area contributed by atoms with Crippen LogP contribution in [0.4, 0.5) is 11.4 Å². The minimum Gasteiger partial charge on any atom is -0.385 e. The van der Waals surface area contributed by atoms with Gasteiger partial charge in [0.15, 0.2) is 0 Å². The fourth-order valence-electron chi connectivity index (χ4n) is 1.80. The van der Waals surface area contributed by atoms with Gasteiger partial charge in [-0.05, 0) is 19.1 Å². The number of aromatic nitrogens is 2. The van der Waals surface area contributed by atoms with E-state index in [0.29, 0.717) is 5.69 Å². The van der Waals surface area contributed by atoms with Crippen LogP contribution in [0.1, 0.15) is 12.6 Å². The zero-order valence-electron chi connectivity index (χ0n) is 10.9. The van der Waals surface area contributed by atoms with Crippen LogP contribution in [-0.4, -0.2) is 21.0 Å². The summed E-state index contributed by atoms with van der Waals surface area (Å²) in [6.45, 7) is 2.95. The number of nitrogens with zero attached hydrogens (tertiary/aromatic N) is 3. The Hall–Kier alpha value is -2.70. The lowest BCUT2D eigenvalue weighted by molar-refractivity contribution is -0.385. The molecule has 2 rings (SSSR count). The van der Waals surface area contributed by atoms with Crippen molar-refractivity contribution >= 4 is 11.4 Å². The van der Waals surface area contributed by atoms with Crippen LogP contribution in [0.5, 0.6) is 0 Å². The summed E-state index contributed by atoms with van der Waals surface area (Å²) >= 11 is 0. The second kappa shape index (κ2) is 5.96. The quantitative estimate of drug-likeness (QED) is 0.661. The van der Waals surface area contributed by atoms with Gasteiger partial charge >= 0.3 is 0 Å². The van der Waals surface area contributed by atoms with E-state index in [0.717, 1.165) is 12.2 Å². The van der Waals surface area contributed by atoms with Gasteiger partial charge in [-0.15, -0.1) is 0 Å². The molecule has 2 aromatic rings. The topological polar surface area (TPSA) is 90.1 Å². The van der Waals surface area contributed by atoms with Crippen molar-refractivity contribution in [2.45, 2.75) is 13.5 Å². The van der Waals surface area contributed by atoms with E-state index < -0.39 is 4.92 Å². The molecule has 0 saturated carbocycles. The maximum atomic E-state index is 11.7. The van der Waals surface area contributed by atoms with E-state index in [1.54, 1.807) is 6.20 Å². The molecule has 20 heavy (non-hydrogen) atoms. The summed E-state index contributed by atoms with van der Waals surface area (Å²) in [7, 11) is 0. The van der Waals surface area contributed by atoms with Crippen molar-refractivity contribution in [2.24, 2.45) is 0 Å². The molecule has 0 aliphatic carbocycles. The highest BCUT2D eigenvalue weighted by Gasteiger charge is 2.08. The van der Waals surface area contributed by atoms with Crippen LogP contribution in [0.3, 0.4) is 0 Å². The smallest absolute Gasteiger partial charge is 0.285 e. The predicted molar refractivity (Wildman–Crippen MR) is 74.9 cm³/mol. The van der Waals surface area contributed by atoms with E-state index in [9.17, 15) is 14.9 Å². The molecule has 0 unspecified atom stereocenters. The standard InChI is InChI=1S/C13H14N4O3/c1-2-14-10-5-6-15-11(7-10)8-16-9-12(17(19)20)3-4-13(16)18/h3-7,9H,2,8H2,1H3,(H,14,15). The first-order valence-electron chi connectivity index (χ1n) is 6.14. The Labute approximate surface area is 115 Å². The Balaban J connectivity index is 2.29. The van der Waals surface area contributed by atoms with Gasteiger partial charge in [0.05, 0.1) is 23.4 Å². The summed E-state index contributed by atoms with van der Waals surface area (Å²) in [6, 6.07) is 6.02. The van der Waals surface area contributed by atoms with Crippen molar-refractivity contribution in [1.29, 1.82) is 0 Å². The molecule has 0 aliphatic rings. The second-order valence-corrected chi connectivity index (χ2v) is 4.18. The maximum Gasteiger partial charge on any atom is 0.285 e. The van der Waals surface area contributed by atoms with Gasteiger partial charge in [-0.2, -0.15) is 0 Å². The zero-order chi connectivity index (χ0) is 14.5. The number of rotatable bonds is 5. The average molecular weight is 274 g/mol. The monoisotopic (exact) mass is 274 g/mol. The lowest BCUT2D eigenvalue weighted by Crippen LogP contribution is -2.20. The third-order valence-corrected chi connectivity index (χ3v) is 2.71. The molecule has 0 aromatic carbocycles. The molecule has 2 heterocycles. The van der Waals surface area contributed by atoms with Gasteiger partial charge in [0, 0.05) is 30.6 Å². The number of nitrogens with one attached hydrogen (secondary N) is 1. The average Bonchev–Trinajstić information content (AvgIpc) is 2.42. The lowest BCUT2D eigenvalue weighted by Gasteiger charge is -2.07. The molecule has 104 valence electrons. The molecule has 0 amide bonds. The van der Waals surface area contributed by atoms with Crippen LogP contribution < -0.4 is 10.9 Å². The van der Waals surface area contributed by atoms with Gasteiger partial charge in [0.1, 0.15) is 0 Å². The molecule has 0 fully saturated rings. The summed E-state index contributed by atoms with van der Waals surface area (Å²) in [5, 5.41) is 13.9. The minimum absolute atomic E-state index is 0.118. The molecule has 2 aromatic heterocycles. The van der Waals surface area contributed by atoms with E-state index in [4.69, 9.17) is 0 Å². The Bertz CT molecular complexity index is 681. The van der Waals surface area contributed by atoms with Crippen LogP contribution in [0.25, 0.3) is 0 Å². The van der Waals surface area contributed by atoms with Crippen molar-refractivity contribution in [3.63, 3.8) is 0 Å². The van der Waals surface area contributed by atoms with E-state index in [-0.39, 0.29) is 17.8 Å². The Morgan fingerprint density at radius 3 is 2.90 bits per heavy atom. The summed E-state index contributed by atoms with van der Waals surface area (Å²) in [5.74, 6) is 0. The first-order valence-corrected chi connectivity index (χ1v) is 6.14. The van der Waals surface area contributed by atoms with Crippen molar-refractivity contribution < 1.29 is 4.92 Å². The highest BCUT2D eigenvalue weighted by atomic mass is 16.6. The largest absolute Gasteiger partial charge is 0.385 e. The number of pyridine rings is 2. The molecular formula is C13H14N4O3. The van der Waals surface area contributed by atoms with Crippen LogP contribution in [-0.2, 0) is 6.54 Å². The number of anilines is 1. The molecule has 7 heteroatoms. The summed E-state index contributed by atoms with van der Waals surface area (Å²) in [6.07, 6.45) is 2.86. The maximum absolute atomic E-state index is 11.7. The molecule has 7 nitrogen and oxygen atoms in total. The number of hydrogen-bond donors (Lipinski definition) is 1. The van der Waals surface area contributed by atoms with Crippen molar-refractivity contribution in [1.82, 2.24) is 9.55 Å². The van der Waals surface area contributed by atoms with Gasteiger partial charge < -0.3 is 9.88 Å². The predicted octanol–water partition coefficient (Wildman–Crippen LogP) is 1.63. The highest BCUT2D eigenvalue weighted by molar-refractivity contribution is 5.43.